The molecule has 6 nitrogen and oxygen atoms in total. The molecule has 21 heavy (non-hydrogen) atoms. The highest BCUT2D eigenvalue weighted by Crippen LogP contribution is 2.17. The second kappa shape index (κ2) is 6.27. The number of sulfonamides is 1. The molecule has 0 unspecified atom stereocenters. The minimum atomic E-state index is -3.77. The molecule has 0 radical (unpaired) electrons. The van der Waals surface area contributed by atoms with Gasteiger partial charge >= 0.3 is 5.97 Å². The predicted molar refractivity (Wildman–Crippen MR) is 75.0 cm³/mol. The molecule has 2 atom stereocenters. The van der Waals surface area contributed by atoms with Gasteiger partial charge in [-0.25, -0.2) is 17.5 Å². The summed E-state index contributed by atoms with van der Waals surface area (Å²) in [6.45, 7) is 0.222. The van der Waals surface area contributed by atoms with Crippen LogP contribution in [0.25, 0.3) is 0 Å². The van der Waals surface area contributed by atoms with Crippen molar-refractivity contribution in [3.05, 3.63) is 34.6 Å². The van der Waals surface area contributed by atoms with Crippen LogP contribution in [0.1, 0.15) is 12.0 Å². The first-order chi connectivity index (χ1) is 9.77. The van der Waals surface area contributed by atoms with E-state index in [4.69, 9.17) is 16.7 Å². The second-order valence-corrected chi connectivity index (χ2v) is 7.03. The number of carboxylic acids is 1. The summed E-state index contributed by atoms with van der Waals surface area (Å²) in [5, 5.41) is 11.7. The van der Waals surface area contributed by atoms with Crippen LogP contribution in [-0.2, 0) is 20.6 Å². The average molecular weight is 337 g/mol. The van der Waals surface area contributed by atoms with Crippen LogP contribution < -0.4 is 10.0 Å². The Morgan fingerprint density at radius 2 is 2.24 bits per heavy atom. The minimum Gasteiger partial charge on any atom is -0.480 e. The van der Waals surface area contributed by atoms with Gasteiger partial charge in [0.25, 0.3) is 0 Å². The Kier molecular flexibility index (Phi) is 4.82. The molecule has 0 spiro atoms. The lowest BCUT2D eigenvalue weighted by Gasteiger charge is -2.12. The van der Waals surface area contributed by atoms with E-state index in [0.29, 0.717) is 0 Å². The van der Waals surface area contributed by atoms with Crippen molar-refractivity contribution in [1.29, 1.82) is 0 Å². The van der Waals surface area contributed by atoms with Gasteiger partial charge in [-0.2, -0.15) is 0 Å². The van der Waals surface area contributed by atoms with Gasteiger partial charge in [-0.15, -0.1) is 0 Å². The Balaban J connectivity index is 2.01. The maximum atomic E-state index is 13.6. The zero-order valence-electron chi connectivity index (χ0n) is 10.8. The van der Waals surface area contributed by atoms with E-state index in [0.717, 1.165) is 6.07 Å². The minimum absolute atomic E-state index is 0.00707. The van der Waals surface area contributed by atoms with Crippen molar-refractivity contribution in [2.24, 2.45) is 0 Å². The van der Waals surface area contributed by atoms with Crippen LogP contribution in [0.2, 0.25) is 5.02 Å². The van der Waals surface area contributed by atoms with Gasteiger partial charge in [0, 0.05) is 23.2 Å². The first-order valence-corrected chi connectivity index (χ1v) is 8.20. The van der Waals surface area contributed by atoms with Crippen molar-refractivity contribution in [2.45, 2.75) is 24.3 Å². The smallest absolute Gasteiger partial charge is 0.320 e. The highest BCUT2D eigenvalue weighted by molar-refractivity contribution is 7.88. The van der Waals surface area contributed by atoms with Crippen molar-refractivity contribution in [3.63, 3.8) is 0 Å². The zero-order chi connectivity index (χ0) is 15.6. The molecule has 0 saturated carbocycles. The molecule has 1 fully saturated rings. The number of rotatable bonds is 5. The topological polar surface area (TPSA) is 95.5 Å². The summed E-state index contributed by atoms with van der Waals surface area (Å²) in [4.78, 5) is 10.8. The average Bonchev–Trinajstić information content (AvgIpc) is 2.80. The summed E-state index contributed by atoms with van der Waals surface area (Å²) in [5.74, 6) is -2.24. The molecular weight excluding hydrogens is 323 g/mol. The summed E-state index contributed by atoms with van der Waals surface area (Å²) < 4.78 is 39.9. The van der Waals surface area contributed by atoms with Crippen molar-refractivity contribution in [3.8, 4) is 0 Å². The van der Waals surface area contributed by atoms with E-state index < -0.39 is 39.6 Å². The molecule has 1 heterocycles. The number of carbonyl (C=O) groups is 1. The number of carboxylic acid groups (broad SMARTS) is 1. The molecule has 3 N–H and O–H groups in total. The van der Waals surface area contributed by atoms with E-state index in [9.17, 15) is 17.6 Å². The van der Waals surface area contributed by atoms with E-state index in [2.05, 4.69) is 10.0 Å². The van der Waals surface area contributed by atoms with Gasteiger partial charge in [0.2, 0.25) is 10.0 Å². The fourth-order valence-electron chi connectivity index (χ4n) is 2.15. The molecule has 116 valence electrons. The van der Waals surface area contributed by atoms with E-state index >= 15 is 0 Å². The lowest BCUT2D eigenvalue weighted by Crippen LogP contribution is -2.37. The van der Waals surface area contributed by atoms with E-state index in [1.807, 2.05) is 0 Å². The largest absolute Gasteiger partial charge is 0.480 e. The first kappa shape index (κ1) is 16.2. The standard InChI is InChI=1S/C12H14ClFN2O4S/c13-8-2-1-7(10(14)3-8)6-21(19,20)16-9-4-11(12(17)18)15-5-9/h1-3,9,11,15-16H,4-6H2,(H,17,18)/t9-,11-/m0/s1. The van der Waals surface area contributed by atoms with Gasteiger partial charge in [0.1, 0.15) is 11.9 Å². The molecule has 1 aliphatic rings. The molecular formula is C12H14ClFN2O4S. The first-order valence-electron chi connectivity index (χ1n) is 6.17. The van der Waals surface area contributed by atoms with Crippen molar-refractivity contribution < 1.29 is 22.7 Å². The normalized spacial score (nSPS) is 22.4. The van der Waals surface area contributed by atoms with E-state index in [1.54, 1.807) is 0 Å². The zero-order valence-corrected chi connectivity index (χ0v) is 12.4. The Morgan fingerprint density at radius 1 is 1.52 bits per heavy atom. The third kappa shape index (κ3) is 4.37. The molecule has 1 aliphatic heterocycles. The highest BCUT2D eigenvalue weighted by atomic mass is 35.5. The Morgan fingerprint density at radius 3 is 2.81 bits per heavy atom. The summed E-state index contributed by atoms with van der Waals surface area (Å²) in [5.41, 5.74) is 0.00707. The van der Waals surface area contributed by atoms with Crippen LogP contribution in [0.15, 0.2) is 18.2 Å². The highest BCUT2D eigenvalue weighted by Gasteiger charge is 2.31. The number of nitrogens with one attached hydrogen (secondary N) is 2. The summed E-state index contributed by atoms with van der Waals surface area (Å²) in [6.07, 6.45) is 0.150. The summed E-state index contributed by atoms with van der Waals surface area (Å²) >= 11 is 5.60. The Bertz CT molecular complexity index is 653. The number of hydrogen-bond donors (Lipinski definition) is 3. The lowest BCUT2D eigenvalue weighted by atomic mass is 10.2. The third-order valence-corrected chi connectivity index (χ3v) is 4.75. The van der Waals surface area contributed by atoms with Crippen LogP contribution in [0.5, 0.6) is 0 Å². The molecule has 0 bridgehead atoms. The number of hydrogen-bond acceptors (Lipinski definition) is 4. The quantitative estimate of drug-likeness (QED) is 0.736. The molecule has 1 aromatic carbocycles. The van der Waals surface area contributed by atoms with Crippen LogP contribution in [0.3, 0.4) is 0 Å². The second-order valence-electron chi connectivity index (χ2n) is 4.84. The fourth-order valence-corrected chi connectivity index (χ4v) is 3.73. The molecule has 9 heteroatoms. The van der Waals surface area contributed by atoms with Crippen LogP contribution in [0, 0.1) is 5.82 Å². The maximum absolute atomic E-state index is 13.6. The summed E-state index contributed by atoms with van der Waals surface area (Å²) in [6, 6.07) is 2.47. The van der Waals surface area contributed by atoms with Gasteiger partial charge < -0.3 is 10.4 Å². The van der Waals surface area contributed by atoms with E-state index in [1.165, 1.54) is 12.1 Å². The number of benzene rings is 1. The third-order valence-electron chi connectivity index (χ3n) is 3.14. The molecule has 1 aromatic rings. The van der Waals surface area contributed by atoms with Crippen molar-refractivity contribution in [2.75, 3.05) is 6.54 Å². The van der Waals surface area contributed by atoms with Gasteiger partial charge in [-0.1, -0.05) is 17.7 Å². The van der Waals surface area contributed by atoms with Crippen molar-refractivity contribution >= 4 is 27.6 Å². The number of halogens is 2. The SMILES string of the molecule is O=C(O)[C@@H]1C[C@H](NS(=O)(=O)Cc2ccc(Cl)cc2F)CN1. The molecule has 1 saturated heterocycles. The van der Waals surface area contributed by atoms with Gasteiger partial charge in [-0.3, -0.25) is 4.79 Å². The number of aliphatic carboxylic acids is 1. The maximum Gasteiger partial charge on any atom is 0.320 e. The molecule has 0 aliphatic carbocycles. The Hall–Kier alpha value is -1.22. The van der Waals surface area contributed by atoms with Crippen LogP contribution in [-0.4, -0.2) is 38.1 Å². The monoisotopic (exact) mass is 336 g/mol. The van der Waals surface area contributed by atoms with Crippen LogP contribution >= 0.6 is 11.6 Å². The molecule has 0 aromatic heterocycles. The molecule has 0 amide bonds. The molecule has 2 rings (SSSR count). The predicted octanol–water partition coefficient (Wildman–Crippen LogP) is 0.714. The van der Waals surface area contributed by atoms with Gasteiger partial charge in [-0.05, 0) is 18.6 Å². The fraction of sp³-hybridized carbons (Fsp3) is 0.417. The summed E-state index contributed by atoms with van der Waals surface area (Å²) in [7, 11) is -3.77. The Labute approximate surface area is 126 Å². The van der Waals surface area contributed by atoms with E-state index in [-0.39, 0.29) is 23.6 Å². The van der Waals surface area contributed by atoms with Gasteiger partial charge in [0.15, 0.2) is 0 Å². The van der Waals surface area contributed by atoms with Crippen LogP contribution in [0.4, 0.5) is 4.39 Å². The van der Waals surface area contributed by atoms with Gasteiger partial charge in [0.05, 0.1) is 5.75 Å². The lowest BCUT2D eigenvalue weighted by molar-refractivity contribution is -0.139. The van der Waals surface area contributed by atoms with Crippen molar-refractivity contribution in [1.82, 2.24) is 10.0 Å².